The summed E-state index contributed by atoms with van der Waals surface area (Å²) in [5, 5.41) is 19.2. The first-order chi connectivity index (χ1) is 6.99. The quantitative estimate of drug-likeness (QED) is 0.513. The predicted molar refractivity (Wildman–Crippen MR) is 56.1 cm³/mol. The summed E-state index contributed by atoms with van der Waals surface area (Å²) in [5.74, 6) is -1.95. The van der Waals surface area contributed by atoms with Crippen molar-refractivity contribution in [2.45, 2.75) is 25.7 Å². The zero-order chi connectivity index (χ0) is 11.1. The molecule has 4 heteroatoms. The van der Waals surface area contributed by atoms with Crippen LogP contribution in [0.15, 0.2) is 18.2 Å². The van der Waals surface area contributed by atoms with Crippen LogP contribution in [0.2, 0.25) is 0 Å². The maximum Gasteiger partial charge on any atom is 0.324 e. The SMILES string of the molecule is Cc1ccc(N)c(OC(O)(O)C2CC2)c1. The average Bonchev–Trinajstić information content (AvgIpc) is 2.93. The van der Waals surface area contributed by atoms with E-state index >= 15 is 0 Å². The zero-order valence-corrected chi connectivity index (χ0v) is 8.60. The lowest BCUT2D eigenvalue weighted by Crippen LogP contribution is -2.38. The number of ether oxygens (including phenoxy) is 1. The van der Waals surface area contributed by atoms with Crippen LogP contribution in [0.3, 0.4) is 0 Å². The van der Waals surface area contributed by atoms with E-state index in [1.165, 1.54) is 0 Å². The van der Waals surface area contributed by atoms with E-state index < -0.39 is 5.97 Å². The van der Waals surface area contributed by atoms with E-state index in [-0.39, 0.29) is 5.92 Å². The molecule has 0 aromatic heterocycles. The van der Waals surface area contributed by atoms with Crippen LogP contribution in [-0.2, 0) is 0 Å². The van der Waals surface area contributed by atoms with Crippen LogP contribution in [0.4, 0.5) is 5.69 Å². The summed E-state index contributed by atoms with van der Waals surface area (Å²) in [4.78, 5) is 0. The summed E-state index contributed by atoms with van der Waals surface area (Å²) >= 11 is 0. The van der Waals surface area contributed by atoms with E-state index in [0.717, 1.165) is 18.4 Å². The van der Waals surface area contributed by atoms with E-state index in [0.29, 0.717) is 11.4 Å². The van der Waals surface area contributed by atoms with Gasteiger partial charge in [0.15, 0.2) is 0 Å². The monoisotopic (exact) mass is 209 g/mol. The molecule has 0 unspecified atom stereocenters. The van der Waals surface area contributed by atoms with Crippen molar-refractivity contribution in [3.8, 4) is 5.75 Å². The standard InChI is InChI=1S/C11H15NO3/c1-7-2-5-9(12)10(6-7)15-11(13,14)8-3-4-8/h2,5-6,8,13-14H,3-4,12H2,1H3. The molecule has 15 heavy (non-hydrogen) atoms. The minimum absolute atomic E-state index is 0.197. The third kappa shape index (κ3) is 2.22. The van der Waals surface area contributed by atoms with Gasteiger partial charge >= 0.3 is 5.97 Å². The molecule has 1 saturated carbocycles. The zero-order valence-electron chi connectivity index (χ0n) is 8.60. The Morgan fingerprint density at radius 3 is 2.67 bits per heavy atom. The number of aryl methyl sites for hydroxylation is 1. The van der Waals surface area contributed by atoms with Gasteiger partial charge in [-0.2, -0.15) is 0 Å². The highest BCUT2D eigenvalue weighted by Gasteiger charge is 2.45. The smallest absolute Gasteiger partial charge is 0.324 e. The van der Waals surface area contributed by atoms with Crippen LogP contribution in [0, 0.1) is 12.8 Å². The second kappa shape index (κ2) is 3.40. The molecule has 2 rings (SSSR count). The average molecular weight is 209 g/mol. The fraction of sp³-hybridized carbons (Fsp3) is 0.455. The summed E-state index contributed by atoms with van der Waals surface area (Å²) in [5.41, 5.74) is 7.04. The molecule has 82 valence electrons. The van der Waals surface area contributed by atoms with Gasteiger partial charge in [-0.1, -0.05) is 6.07 Å². The highest BCUT2D eigenvalue weighted by atomic mass is 16.8. The van der Waals surface area contributed by atoms with Crippen LogP contribution >= 0.6 is 0 Å². The summed E-state index contributed by atoms with van der Waals surface area (Å²) in [6.07, 6.45) is 1.55. The lowest BCUT2D eigenvalue weighted by Gasteiger charge is -2.23. The number of hydrogen-bond acceptors (Lipinski definition) is 4. The number of rotatable bonds is 3. The van der Waals surface area contributed by atoms with Gasteiger partial charge in [0.25, 0.3) is 0 Å². The molecule has 1 fully saturated rings. The molecule has 0 atom stereocenters. The predicted octanol–water partition coefficient (Wildman–Crippen LogP) is 1.00. The van der Waals surface area contributed by atoms with Crippen LogP contribution in [0.25, 0.3) is 0 Å². The Bertz CT molecular complexity index is 372. The van der Waals surface area contributed by atoms with Crippen LogP contribution in [0.1, 0.15) is 18.4 Å². The van der Waals surface area contributed by atoms with Gasteiger partial charge < -0.3 is 20.7 Å². The van der Waals surface area contributed by atoms with Gasteiger partial charge in [0, 0.05) is 0 Å². The maximum absolute atomic E-state index is 9.60. The van der Waals surface area contributed by atoms with E-state index in [9.17, 15) is 10.2 Å². The molecular weight excluding hydrogens is 194 g/mol. The summed E-state index contributed by atoms with van der Waals surface area (Å²) in [7, 11) is 0. The van der Waals surface area contributed by atoms with Gasteiger partial charge in [-0.25, -0.2) is 0 Å². The number of anilines is 1. The normalized spacial score (nSPS) is 16.5. The number of nitrogen functional groups attached to an aromatic ring is 1. The summed E-state index contributed by atoms with van der Waals surface area (Å²) in [6, 6.07) is 5.22. The summed E-state index contributed by atoms with van der Waals surface area (Å²) < 4.78 is 5.12. The first-order valence-electron chi connectivity index (χ1n) is 4.99. The van der Waals surface area contributed by atoms with Crippen molar-refractivity contribution in [3.05, 3.63) is 23.8 Å². The molecule has 1 aromatic rings. The van der Waals surface area contributed by atoms with Crippen molar-refractivity contribution >= 4 is 5.69 Å². The molecule has 1 aliphatic rings. The number of hydrogen-bond donors (Lipinski definition) is 3. The van der Waals surface area contributed by atoms with E-state index in [2.05, 4.69) is 0 Å². The van der Waals surface area contributed by atoms with Crippen molar-refractivity contribution < 1.29 is 14.9 Å². The Morgan fingerprint density at radius 2 is 2.07 bits per heavy atom. The molecule has 0 amide bonds. The van der Waals surface area contributed by atoms with Crippen molar-refractivity contribution in [1.29, 1.82) is 0 Å². The highest BCUT2D eigenvalue weighted by Crippen LogP contribution is 2.40. The fourth-order valence-electron chi connectivity index (χ4n) is 1.43. The number of benzene rings is 1. The number of aliphatic hydroxyl groups is 2. The fourth-order valence-corrected chi connectivity index (χ4v) is 1.43. The third-order valence-electron chi connectivity index (χ3n) is 2.54. The lowest BCUT2D eigenvalue weighted by molar-refractivity contribution is -0.305. The Balaban J connectivity index is 2.19. The Hall–Kier alpha value is -1.26. The first-order valence-corrected chi connectivity index (χ1v) is 4.99. The van der Waals surface area contributed by atoms with Crippen molar-refractivity contribution in [2.24, 2.45) is 5.92 Å². The highest BCUT2D eigenvalue weighted by molar-refractivity contribution is 5.53. The molecule has 0 bridgehead atoms. The summed E-state index contributed by atoms with van der Waals surface area (Å²) in [6.45, 7) is 1.89. The molecule has 4 N–H and O–H groups in total. The largest absolute Gasteiger partial charge is 0.437 e. The molecule has 0 spiro atoms. The minimum Gasteiger partial charge on any atom is -0.437 e. The minimum atomic E-state index is -2.08. The van der Waals surface area contributed by atoms with E-state index in [1.807, 2.05) is 13.0 Å². The van der Waals surface area contributed by atoms with Crippen LogP contribution in [0.5, 0.6) is 5.75 Å². The van der Waals surface area contributed by atoms with E-state index in [1.54, 1.807) is 12.1 Å². The topological polar surface area (TPSA) is 75.7 Å². The van der Waals surface area contributed by atoms with Gasteiger partial charge in [0.1, 0.15) is 5.75 Å². The second-order valence-corrected chi connectivity index (χ2v) is 4.08. The Labute approximate surface area is 88.3 Å². The third-order valence-corrected chi connectivity index (χ3v) is 2.54. The van der Waals surface area contributed by atoms with Crippen LogP contribution in [-0.4, -0.2) is 16.2 Å². The van der Waals surface area contributed by atoms with Crippen molar-refractivity contribution in [2.75, 3.05) is 5.73 Å². The molecule has 0 saturated heterocycles. The van der Waals surface area contributed by atoms with Crippen LogP contribution < -0.4 is 10.5 Å². The van der Waals surface area contributed by atoms with Gasteiger partial charge in [-0.15, -0.1) is 0 Å². The van der Waals surface area contributed by atoms with Crippen molar-refractivity contribution in [3.63, 3.8) is 0 Å². The Morgan fingerprint density at radius 1 is 1.40 bits per heavy atom. The molecular formula is C11H15NO3. The second-order valence-electron chi connectivity index (χ2n) is 4.08. The van der Waals surface area contributed by atoms with Gasteiger partial charge in [0.2, 0.25) is 0 Å². The molecule has 1 aromatic carbocycles. The molecule has 4 nitrogen and oxygen atoms in total. The molecule has 0 aliphatic heterocycles. The first kappa shape index (κ1) is 10.3. The van der Waals surface area contributed by atoms with E-state index in [4.69, 9.17) is 10.5 Å². The van der Waals surface area contributed by atoms with Gasteiger partial charge in [-0.05, 0) is 37.5 Å². The molecule has 1 aliphatic carbocycles. The molecule has 0 heterocycles. The lowest BCUT2D eigenvalue weighted by atomic mass is 10.2. The molecule has 0 radical (unpaired) electrons. The van der Waals surface area contributed by atoms with Gasteiger partial charge in [0.05, 0.1) is 11.6 Å². The number of nitrogens with two attached hydrogens (primary N) is 1. The van der Waals surface area contributed by atoms with Gasteiger partial charge in [-0.3, -0.25) is 0 Å². The maximum atomic E-state index is 9.60. The Kier molecular flexibility index (Phi) is 2.32. The van der Waals surface area contributed by atoms with Crippen molar-refractivity contribution in [1.82, 2.24) is 0 Å².